The van der Waals surface area contributed by atoms with Gasteiger partial charge in [0.25, 0.3) is 0 Å². The second-order valence-electron chi connectivity index (χ2n) is 8.82. The van der Waals surface area contributed by atoms with Crippen molar-refractivity contribution in [3.8, 4) is 0 Å². The topological polar surface area (TPSA) is 94.2 Å². The minimum absolute atomic E-state index is 0.00425. The third kappa shape index (κ3) is 9.80. The Morgan fingerprint density at radius 1 is 1.00 bits per heavy atom. The molecular formula is C21H30F3N3O4S. The number of amidine groups is 1. The molecule has 0 spiro atoms. The van der Waals surface area contributed by atoms with Gasteiger partial charge in [-0.25, -0.2) is 19.5 Å². The first kappa shape index (κ1) is 27.6. The van der Waals surface area contributed by atoms with Gasteiger partial charge in [0.1, 0.15) is 11.2 Å². The van der Waals surface area contributed by atoms with Crippen LogP contribution in [0, 0.1) is 0 Å². The highest BCUT2D eigenvalue weighted by Crippen LogP contribution is 2.33. The number of hydrogen-bond donors (Lipinski definition) is 1. The lowest BCUT2D eigenvalue weighted by atomic mass is 10.1. The van der Waals surface area contributed by atoms with Crippen molar-refractivity contribution in [1.82, 2.24) is 4.90 Å². The van der Waals surface area contributed by atoms with Gasteiger partial charge in [-0.3, -0.25) is 0 Å². The molecule has 7 nitrogen and oxygen atoms in total. The van der Waals surface area contributed by atoms with Crippen LogP contribution in [-0.2, 0) is 22.2 Å². The number of nitrogens with zero attached hydrogens (tertiary/aromatic N) is 2. The summed E-state index contributed by atoms with van der Waals surface area (Å²) in [6, 6.07) is 3.00. The Labute approximate surface area is 190 Å². The molecule has 1 aromatic rings. The fraction of sp³-hybridized carbons (Fsp3) is 0.571. The molecule has 0 bridgehead atoms. The summed E-state index contributed by atoms with van der Waals surface area (Å²) in [5, 5.41) is 0.0916. The van der Waals surface area contributed by atoms with E-state index in [1.165, 1.54) is 17.8 Å². The van der Waals surface area contributed by atoms with Gasteiger partial charge in [-0.15, -0.1) is 0 Å². The van der Waals surface area contributed by atoms with Crippen LogP contribution in [0.25, 0.3) is 0 Å². The monoisotopic (exact) mass is 477 g/mol. The van der Waals surface area contributed by atoms with Crippen molar-refractivity contribution in [2.24, 2.45) is 10.7 Å². The fourth-order valence-electron chi connectivity index (χ4n) is 2.32. The Balaban J connectivity index is 3.44. The van der Waals surface area contributed by atoms with Gasteiger partial charge in [0.05, 0.1) is 17.8 Å². The molecule has 0 aromatic heterocycles. The van der Waals surface area contributed by atoms with E-state index in [4.69, 9.17) is 15.2 Å². The number of halogens is 3. The second kappa shape index (κ2) is 10.5. The number of rotatable bonds is 4. The van der Waals surface area contributed by atoms with Crippen LogP contribution in [0.4, 0.5) is 28.4 Å². The number of thioether (sulfide) groups is 1. The van der Waals surface area contributed by atoms with Crippen LogP contribution in [0.1, 0.15) is 59.6 Å². The SMILES string of the molecule is CCSC(N)=Nc1cc(CN(C(=O)OC(C)(C)C)C(=O)OC(C)(C)C)cc(C(F)(F)F)c1. The van der Waals surface area contributed by atoms with E-state index in [9.17, 15) is 22.8 Å². The van der Waals surface area contributed by atoms with E-state index in [0.717, 1.165) is 12.1 Å². The van der Waals surface area contributed by atoms with E-state index in [-0.39, 0.29) is 16.4 Å². The molecule has 0 heterocycles. The average molecular weight is 478 g/mol. The molecular weight excluding hydrogens is 447 g/mol. The molecule has 0 radical (unpaired) electrons. The van der Waals surface area contributed by atoms with E-state index in [0.29, 0.717) is 10.7 Å². The largest absolute Gasteiger partial charge is 0.443 e. The Hall–Kier alpha value is -2.43. The second-order valence-corrected chi connectivity index (χ2v) is 10.1. The van der Waals surface area contributed by atoms with Crippen LogP contribution in [0.5, 0.6) is 0 Å². The smallest absolute Gasteiger partial charge is 0.420 e. The summed E-state index contributed by atoms with van der Waals surface area (Å²) in [7, 11) is 0. The van der Waals surface area contributed by atoms with Gasteiger partial charge in [-0.1, -0.05) is 18.7 Å². The van der Waals surface area contributed by atoms with Crippen molar-refractivity contribution < 1.29 is 32.2 Å². The molecule has 0 aliphatic heterocycles. The molecule has 32 heavy (non-hydrogen) atoms. The highest BCUT2D eigenvalue weighted by atomic mass is 32.2. The van der Waals surface area contributed by atoms with E-state index in [2.05, 4.69) is 4.99 Å². The molecule has 0 aliphatic carbocycles. The highest BCUT2D eigenvalue weighted by Gasteiger charge is 2.34. The van der Waals surface area contributed by atoms with Gasteiger partial charge >= 0.3 is 18.4 Å². The highest BCUT2D eigenvalue weighted by molar-refractivity contribution is 8.13. The van der Waals surface area contributed by atoms with Gasteiger partial charge in [-0.2, -0.15) is 13.2 Å². The molecule has 0 saturated carbocycles. The Bertz CT molecular complexity index is 831. The predicted molar refractivity (Wildman–Crippen MR) is 119 cm³/mol. The van der Waals surface area contributed by atoms with Crippen LogP contribution in [0.3, 0.4) is 0 Å². The molecule has 180 valence electrons. The van der Waals surface area contributed by atoms with Crippen molar-refractivity contribution >= 4 is 34.8 Å². The van der Waals surface area contributed by atoms with E-state index < -0.39 is 41.7 Å². The number of alkyl halides is 3. The van der Waals surface area contributed by atoms with E-state index >= 15 is 0 Å². The van der Waals surface area contributed by atoms with Gasteiger partial charge in [0, 0.05) is 0 Å². The number of ether oxygens (including phenoxy) is 2. The van der Waals surface area contributed by atoms with Crippen molar-refractivity contribution in [3.05, 3.63) is 29.3 Å². The molecule has 0 fully saturated rings. The van der Waals surface area contributed by atoms with Crippen LogP contribution >= 0.6 is 11.8 Å². The summed E-state index contributed by atoms with van der Waals surface area (Å²) >= 11 is 1.17. The molecule has 11 heteroatoms. The third-order valence-electron chi connectivity index (χ3n) is 3.40. The van der Waals surface area contributed by atoms with Crippen LogP contribution in [-0.4, -0.2) is 39.2 Å². The maximum atomic E-state index is 13.5. The van der Waals surface area contributed by atoms with Crippen molar-refractivity contribution in [3.63, 3.8) is 0 Å². The summed E-state index contributed by atoms with van der Waals surface area (Å²) in [4.78, 5) is 29.9. The van der Waals surface area contributed by atoms with Gasteiger partial charge in [0.2, 0.25) is 0 Å². The third-order valence-corrected chi connectivity index (χ3v) is 4.08. The number of carbonyl (C=O) groups excluding carboxylic acids is 2. The van der Waals surface area contributed by atoms with Crippen LogP contribution < -0.4 is 5.73 Å². The summed E-state index contributed by atoms with van der Waals surface area (Å²) < 4.78 is 50.8. The lowest BCUT2D eigenvalue weighted by Crippen LogP contribution is -2.43. The van der Waals surface area contributed by atoms with Gasteiger partial charge in [0.15, 0.2) is 5.17 Å². The summed E-state index contributed by atoms with van der Waals surface area (Å²) in [6.07, 6.45) is -6.76. The molecule has 1 aromatic carbocycles. The van der Waals surface area contributed by atoms with Crippen molar-refractivity contribution in [2.75, 3.05) is 5.75 Å². The summed E-state index contributed by atoms with van der Waals surface area (Å²) in [6.45, 7) is 10.9. The van der Waals surface area contributed by atoms with Crippen LogP contribution in [0.15, 0.2) is 23.2 Å². The average Bonchev–Trinajstić information content (AvgIpc) is 2.55. The van der Waals surface area contributed by atoms with Crippen LogP contribution in [0.2, 0.25) is 0 Å². The Morgan fingerprint density at radius 2 is 1.50 bits per heavy atom. The summed E-state index contributed by atoms with van der Waals surface area (Å²) in [5.74, 6) is 0.590. The minimum atomic E-state index is -4.67. The molecule has 1 rings (SSSR count). The number of carbonyl (C=O) groups is 2. The predicted octanol–water partition coefficient (Wildman–Crippen LogP) is 6.08. The first-order chi connectivity index (χ1) is 14.4. The maximum absolute atomic E-state index is 13.5. The quantitative estimate of drug-likeness (QED) is 0.417. The normalized spacial score (nSPS) is 13.0. The standard InChI is InChI=1S/C21H30F3N3O4S/c1-8-32-16(25)26-15-10-13(9-14(11-15)21(22,23)24)12-27(17(28)30-19(2,3)4)18(29)31-20(5,6)7/h9-11H,8,12H2,1-7H3,(H2,25,26). The molecule has 0 unspecified atom stereocenters. The fourth-order valence-corrected chi connectivity index (χ4v) is 2.79. The zero-order chi connectivity index (χ0) is 24.9. The maximum Gasteiger partial charge on any atom is 0.420 e. The number of benzene rings is 1. The summed E-state index contributed by atoms with van der Waals surface area (Å²) in [5.41, 5.74) is 2.82. The molecule has 0 atom stereocenters. The molecule has 2 amide bonds. The zero-order valence-corrected chi connectivity index (χ0v) is 20.1. The number of imide groups is 1. The number of nitrogens with two attached hydrogens (primary N) is 1. The first-order valence-corrected chi connectivity index (χ1v) is 10.8. The number of amides is 2. The lowest BCUT2D eigenvalue weighted by molar-refractivity contribution is -0.137. The minimum Gasteiger partial charge on any atom is -0.443 e. The van der Waals surface area contributed by atoms with E-state index in [1.54, 1.807) is 41.5 Å². The first-order valence-electron chi connectivity index (χ1n) is 9.83. The van der Waals surface area contributed by atoms with Gasteiger partial charge < -0.3 is 15.2 Å². The molecule has 0 aliphatic rings. The molecule has 0 saturated heterocycles. The Morgan fingerprint density at radius 3 is 1.91 bits per heavy atom. The number of hydrogen-bond acceptors (Lipinski definition) is 6. The van der Waals surface area contributed by atoms with Crippen molar-refractivity contribution in [1.29, 1.82) is 0 Å². The lowest BCUT2D eigenvalue weighted by Gasteiger charge is -2.28. The zero-order valence-electron chi connectivity index (χ0n) is 19.3. The Kier molecular flexibility index (Phi) is 9.02. The van der Waals surface area contributed by atoms with E-state index in [1.807, 2.05) is 6.92 Å². The number of aliphatic imine (C=N–C) groups is 1. The van der Waals surface area contributed by atoms with Crippen molar-refractivity contribution in [2.45, 2.75) is 72.4 Å². The van der Waals surface area contributed by atoms with Gasteiger partial charge in [-0.05, 0) is 71.1 Å². The molecule has 2 N–H and O–H groups in total.